The first-order valence-corrected chi connectivity index (χ1v) is 7.40. The lowest BCUT2D eigenvalue weighted by molar-refractivity contribution is 0.0711. The van der Waals surface area contributed by atoms with Crippen LogP contribution in [0.15, 0.2) is 18.2 Å². The molecule has 1 rings (SSSR count). The van der Waals surface area contributed by atoms with E-state index >= 15 is 0 Å². The lowest BCUT2D eigenvalue weighted by atomic mass is 10.1. The number of hydrogen-bond acceptors (Lipinski definition) is 3. The van der Waals surface area contributed by atoms with Gasteiger partial charge in [0.15, 0.2) is 0 Å². The molecule has 1 amide bonds. The second kappa shape index (κ2) is 7.91. The molecule has 0 fully saturated rings. The van der Waals surface area contributed by atoms with Crippen molar-refractivity contribution < 1.29 is 14.3 Å². The smallest absolute Gasteiger partial charge is 0.257 e. The molecule has 0 unspecified atom stereocenters. The predicted octanol–water partition coefficient (Wildman–Crippen LogP) is 3.46. The van der Waals surface area contributed by atoms with Gasteiger partial charge in [-0.15, -0.1) is 0 Å². The van der Waals surface area contributed by atoms with E-state index in [0.717, 1.165) is 13.1 Å². The molecule has 0 heterocycles. The van der Waals surface area contributed by atoms with E-state index in [1.807, 2.05) is 4.90 Å². The molecule has 1 aromatic carbocycles. The molecule has 0 aliphatic rings. The second-order valence-corrected chi connectivity index (χ2v) is 6.06. The number of hydrogen-bond donors (Lipinski definition) is 0. The third-order valence-electron chi connectivity index (χ3n) is 3.10. The Labute approximate surface area is 128 Å². The quantitative estimate of drug-likeness (QED) is 0.773. The Balaban J connectivity index is 3.07. The zero-order valence-electron chi connectivity index (χ0n) is 14.0. The first-order chi connectivity index (χ1) is 9.88. The fourth-order valence-corrected chi connectivity index (χ4v) is 2.27. The zero-order valence-corrected chi connectivity index (χ0v) is 14.0. The van der Waals surface area contributed by atoms with Crippen LogP contribution in [0.25, 0.3) is 0 Å². The maximum atomic E-state index is 12.8. The van der Waals surface area contributed by atoms with E-state index in [1.165, 1.54) is 0 Å². The predicted molar refractivity (Wildman–Crippen MR) is 85.1 cm³/mol. The summed E-state index contributed by atoms with van der Waals surface area (Å²) in [6.45, 7) is 9.95. The Morgan fingerprint density at radius 1 is 1.05 bits per heavy atom. The van der Waals surface area contributed by atoms with E-state index in [2.05, 4.69) is 27.7 Å². The molecule has 0 aliphatic heterocycles. The molecule has 21 heavy (non-hydrogen) atoms. The van der Waals surface area contributed by atoms with Gasteiger partial charge in [0.25, 0.3) is 5.91 Å². The number of nitrogens with zero attached hydrogens (tertiary/aromatic N) is 1. The normalized spacial score (nSPS) is 10.9. The lowest BCUT2D eigenvalue weighted by Gasteiger charge is -2.27. The molecule has 1 aromatic rings. The van der Waals surface area contributed by atoms with Gasteiger partial charge < -0.3 is 14.4 Å². The summed E-state index contributed by atoms with van der Waals surface area (Å²) < 4.78 is 10.5. The summed E-state index contributed by atoms with van der Waals surface area (Å²) in [7, 11) is 3.17. The first-order valence-electron chi connectivity index (χ1n) is 7.40. The highest BCUT2D eigenvalue weighted by molar-refractivity contribution is 5.97. The monoisotopic (exact) mass is 293 g/mol. The van der Waals surface area contributed by atoms with Crippen molar-refractivity contribution in [2.75, 3.05) is 27.3 Å². The van der Waals surface area contributed by atoms with Crippen LogP contribution in [0.5, 0.6) is 11.5 Å². The Morgan fingerprint density at radius 2 is 1.62 bits per heavy atom. The zero-order chi connectivity index (χ0) is 16.0. The minimum Gasteiger partial charge on any atom is -0.497 e. The topological polar surface area (TPSA) is 38.8 Å². The number of carbonyl (C=O) groups is 1. The molecule has 0 spiro atoms. The third-order valence-corrected chi connectivity index (χ3v) is 3.10. The highest BCUT2D eigenvalue weighted by Gasteiger charge is 2.21. The van der Waals surface area contributed by atoms with Crippen molar-refractivity contribution in [2.24, 2.45) is 11.8 Å². The van der Waals surface area contributed by atoms with Gasteiger partial charge in [-0.2, -0.15) is 0 Å². The average Bonchev–Trinajstić information content (AvgIpc) is 2.44. The van der Waals surface area contributed by atoms with E-state index in [0.29, 0.717) is 28.9 Å². The van der Waals surface area contributed by atoms with Crippen LogP contribution in [0.3, 0.4) is 0 Å². The number of benzene rings is 1. The standard InChI is InChI=1S/C17H27NO3/c1-12(2)10-18(11-13(3)4)17(19)15-8-7-14(20-5)9-16(15)21-6/h7-9,12-13H,10-11H2,1-6H3. The largest absolute Gasteiger partial charge is 0.497 e. The number of ether oxygens (including phenoxy) is 2. The summed E-state index contributed by atoms with van der Waals surface area (Å²) in [5.41, 5.74) is 0.583. The molecular weight excluding hydrogens is 266 g/mol. The van der Waals surface area contributed by atoms with Gasteiger partial charge in [-0.3, -0.25) is 4.79 Å². The van der Waals surface area contributed by atoms with Gasteiger partial charge in [-0.05, 0) is 24.0 Å². The molecule has 118 valence electrons. The van der Waals surface area contributed by atoms with Crippen molar-refractivity contribution in [2.45, 2.75) is 27.7 Å². The molecule has 0 radical (unpaired) electrons. The van der Waals surface area contributed by atoms with Crippen LogP contribution in [-0.4, -0.2) is 38.1 Å². The van der Waals surface area contributed by atoms with E-state index in [-0.39, 0.29) is 5.91 Å². The van der Waals surface area contributed by atoms with Crippen LogP contribution in [0.4, 0.5) is 0 Å². The Bertz CT molecular complexity index is 459. The molecule has 0 saturated carbocycles. The van der Waals surface area contributed by atoms with E-state index in [4.69, 9.17) is 9.47 Å². The van der Waals surface area contributed by atoms with Crippen LogP contribution in [0.1, 0.15) is 38.1 Å². The third kappa shape index (κ3) is 4.96. The molecule has 4 heteroatoms. The van der Waals surface area contributed by atoms with Crippen LogP contribution in [0, 0.1) is 11.8 Å². The van der Waals surface area contributed by atoms with Gasteiger partial charge >= 0.3 is 0 Å². The molecule has 4 nitrogen and oxygen atoms in total. The van der Waals surface area contributed by atoms with Crippen LogP contribution in [0.2, 0.25) is 0 Å². The summed E-state index contributed by atoms with van der Waals surface area (Å²) in [6, 6.07) is 5.31. The van der Waals surface area contributed by atoms with Crippen molar-refractivity contribution >= 4 is 5.91 Å². The van der Waals surface area contributed by atoms with Crippen molar-refractivity contribution in [1.29, 1.82) is 0 Å². The number of rotatable bonds is 7. The first kappa shape index (κ1) is 17.3. The van der Waals surface area contributed by atoms with Gasteiger partial charge in [0.1, 0.15) is 11.5 Å². The average molecular weight is 293 g/mol. The SMILES string of the molecule is COc1ccc(C(=O)N(CC(C)C)CC(C)C)c(OC)c1. The highest BCUT2D eigenvalue weighted by Crippen LogP contribution is 2.26. The summed E-state index contributed by atoms with van der Waals surface area (Å²) in [5, 5.41) is 0. The van der Waals surface area contributed by atoms with Crippen molar-refractivity contribution in [3.63, 3.8) is 0 Å². The molecule has 0 N–H and O–H groups in total. The molecule has 0 aliphatic carbocycles. The van der Waals surface area contributed by atoms with E-state index in [9.17, 15) is 4.79 Å². The van der Waals surface area contributed by atoms with Gasteiger partial charge in [0.2, 0.25) is 0 Å². The fraction of sp³-hybridized carbons (Fsp3) is 0.588. The number of carbonyl (C=O) groups excluding carboxylic acids is 1. The van der Waals surface area contributed by atoms with Crippen molar-refractivity contribution in [3.05, 3.63) is 23.8 Å². The van der Waals surface area contributed by atoms with E-state index < -0.39 is 0 Å². The maximum absolute atomic E-state index is 12.8. The summed E-state index contributed by atoms with van der Waals surface area (Å²) >= 11 is 0. The maximum Gasteiger partial charge on any atom is 0.257 e. The van der Waals surface area contributed by atoms with Crippen LogP contribution >= 0.6 is 0 Å². The Morgan fingerprint density at radius 3 is 2.05 bits per heavy atom. The Hall–Kier alpha value is -1.71. The highest BCUT2D eigenvalue weighted by atomic mass is 16.5. The molecule has 0 atom stereocenters. The van der Waals surface area contributed by atoms with Gasteiger partial charge in [-0.1, -0.05) is 27.7 Å². The van der Waals surface area contributed by atoms with Crippen LogP contribution < -0.4 is 9.47 Å². The van der Waals surface area contributed by atoms with Gasteiger partial charge in [-0.25, -0.2) is 0 Å². The van der Waals surface area contributed by atoms with Gasteiger partial charge in [0, 0.05) is 19.2 Å². The second-order valence-electron chi connectivity index (χ2n) is 6.06. The van der Waals surface area contributed by atoms with Crippen molar-refractivity contribution in [3.8, 4) is 11.5 Å². The minimum atomic E-state index is 0.0110. The molecule has 0 aromatic heterocycles. The Kier molecular flexibility index (Phi) is 6.53. The minimum absolute atomic E-state index is 0.0110. The number of amides is 1. The summed E-state index contributed by atoms with van der Waals surface area (Å²) in [4.78, 5) is 14.7. The van der Waals surface area contributed by atoms with E-state index in [1.54, 1.807) is 32.4 Å². The number of methoxy groups -OCH3 is 2. The van der Waals surface area contributed by atoms with Crippen molar-refractivity contribution in [1.82, 2.24) is 4.90 Å². The fourth-order valence-electron chi connectivity index (χ4n) is 2.27. The van der Waals surface area contributed by atoms with Crippen LogP contribution in [-0.2, 0) is 0 Å². The summed E-state index contributed by atoms with van der Waals surface area (Å²) in [6.07, 6.45) is 0. The molecule has 0 saturated heterocycles. The molecule has 0 bridgehead atoms. The molecular formula is C17H27NO3. The summed E-state index contributed by atoms with van der Waals surface area (Å²) in [5.74, 6) is 2.10. The lowest BCUT2D eigenvalue weighted by Crippen LogP contribution is -2.37. The van der Waals surface area contributed by atoms with Gasteiger partial charge in [0.05, 0.1) is 19.8 Å².